The highest BCUT2D eigenvalue weighted by Gasteiger charge is 2.49. The molecule has 4 nitrogen and oxygen atoms in total. The van der Waals surface area contributed by atoms with E-state index >= 15 is 0 Å². The predicted molar refractivity (Wildman–Crippen MR) is 49.3 cm³/mol. The van der Waals surface area contributed by atoms with Gasteiger partial charge in [0.2, 0.25) is 5.91 Å². The number of aliphatic hydroxyl groups is 1. The first-order valence-electron chi connectivity index (χ1n) is 4.68. The van der Waals surface area contributed by atoms with Crippen LogP contribution in [0.3, 0.4) is 0 Å². The zero-order valence-corrected chi connectivity index (χ0v) is 7.82. The van der Waals surface area contributed by atoms with Gasteiger partial charge in [-0.25, -0.2) is 0 Å². The number of rotatable bonds is 4. The molecule has 2 rings (SSSR count). The predicted octanol–water partition coefficient (Wildman–Crippen LogP) is 0.668. The van der Waals surface area contributed by atoms with E-state index in [1.807, 2.05) is 0 Å². The third-order valence-corrected chi connectivity index (χ3v) is 2.64. The first kappa shape index (κ1) is 9.27. The van der Waals surface area contributed by atoms with Crippen molar-refractivity contribution in [2.75, 3.05) is 6.61 Å². The fourth-order valence-corrected chi connectivity index (χ4v) is 1.38. The summed E-state index contributed by atoms with van der Waals surface area (Å²) < 4.78 is 5.07. The lowest BCUT2D eigenvalue weighted by atomic mass is 10.1. The molecule has 4 heteroatoms. The van der Waals surface area contributed by atoms with Gasteiger partial charge in [-0.1, -0.05) is 0 Å². The van der Waals surface area contributed by atoms with Gasteiger partial charge in [-0.05, 0) is 25.0 Å². The number of furan rings is 1. The van der Waals surface area contributed by atoms with Crippen molar-refractivity contribution in [2.45, 2.75) is 19.4 Å². The zero-order chi connectivity index (χ0) is 10.0. The molecule has 1 heterocycles. The summed E-state index contributed by atoms with van der Waals surface area (Å²) in [6.07, 6.45) is 3.14. The summed E-state index contributed by atoms with van der Waals surface area (Å²) in [7, 11) is 0. The van der Waals surface area contributed by atoms with Crippen molar-refractivity contribution in [2.24, 2.45) is 5.41 Å². The summed E-state index contributed by atoms with van der Waals surface area (Å²) in [6.45, 7) is 0.338. The van der Waals surface area contributed by atoms with Gasteiger partial charge in [-0.3, -0.25) is 4.79 Å². The van der Waals surface area contributed by atoms with Crippen molar-refractivity contribution < 1.29 is 14.3 Å². The number of nitrogens with one attached hydrogen (secondary N) is 1. The number of hydrogen-bond donors (Lipinski definition) is 2. The highest BCUT2D eigenvalue weighted by atomic mass is 16.3. The smallest absolute Gasteiger partial charge is 0.228 e. The number of carbonyl (C=O) groups excluding carboxylic acids is 1. The monoisotopic (exact) mass is 195 g/mol. The minimum absolute atomic E-state index is 0.0585. The van der Waals surface area contributed by atoms with Crippen LogP contribution < -0.4 is 5.32 Å². The molecule has 0 aromatic carbocycles. The van der Waals surface area contributed by atoms with Gasteiger partial charge >= 0.3 is 0 Å². The number of hydrogen-bond acceptors (Lipinski definition) is 3. The molecule has 0 saturated heterocycles. The maximum atomic E-state index is 11.5. The Balaban J connectivity index is 1.84. The van der Waals surface area contributed by atoms with Crippen LogP contribution >= 0.6 is 0 Å². The van der Waals surface area contributed by atoms with Crippen LogP contribution in [0.25, 0.3) is 0 Å². The van der Waals surface area contributed by atoms with Crippen LogP contribution in [0, 0.1) is 5.41 Å². The molecule has 1 aliphatic rings. The second kappa shape index (κ2) is 3.46. The third-order valence-electron chi connectivity index (χ3n) is 2.64. The number of carbonyl (C=O) groups is 1. The van der Waals surface area contributed by atoms with Crippen molar-refractivity contribution in [3.8, 4) is 0 Å². The average molecular weight is 195 g/mol. The lowest BCUT2D eigenvalue weighted by Gasteiger charge is -2.10. The van der Waals surface area contributed by atoms with E-state index in [1.54, 1.807) is 18.4 Å². The van der Waals surface area contributed by atoms with Crippen molar-refractivity contribution >= 4 is 5.91 Å². The van der Waals surface area contributed by atoms with Gasteiger partial charge in [0.25, 0.3) is 0 Å². The Bertz CT molecular complexity index is 314. The van der Waals surface area contributed by atoms with E-state index < -0.39 is 5.41 Å². The standard InChI is InChI=1S/C10H13NO3/c12-7-10(3-4-10)9(13)11-6-8-2-1-5-14-8/h1-2,5,12H,3-4,6-7H2,(H,11,13). The summed E-state index contributed by atoms with van der Waals surface area (Å²) in [6, 6.07) is 3.58. The highest BCUT2D eigenvalue weighted by molar-refractivity contribution is 5.85. The molecule has 0 aliphatic heterocycles. The molecule has 1 fully saturated rings. The SMILES string of the molecule is O=C(NCc1ccco1)C1(CO)CC1. The highest BCUT2D eigenvalue weighted by Crippen LogP contribution is 2.45. The van der Waals surface area contributed by atoms with E-state index in [9.17, 15) is 4.79 Å². The van der Waals surface area contributed by atoms with Crippen molar-refractivity contribution in [1.29, 1.82) is 0 Å². The normalized spacial score (nSPS) is 17.8. The van der Waals surface area contributed by atoms with Crippen LogP contribution in [-0.2, 0) is 11.3 Å². The molecule has 14 heavy (non-hydrogen) atoms. The second-order valence-corrected chi connectivity index (χ2v) is 3.70. The zero-order valence-electron chi connectivity index (χ0n) is 7.82. The van der Waals surface area contributed by atoms with Crippen molar-refractivity contribution in [1.82, 2.24) is 5.32 Å². The molecule has 0 atom stereocenters. The lowest BCUT2D eigenvalue weighted by molar-refractivity contribution is -0.128. The Hall–Kier alpha value is -1.29. The van der Waals surface area contributed by atoms with E-state index in [0.29, 0.717) is 6.54 Å². The quantitative estimate of drug-likeness (QED) is 0.742. The molecule has 1 saturated carbocycles. The van der Waals surface area contributed by atoms with Crippen LogP contribution in [0.2, 0.25) is 0 Å². The van der Waals surface area contributed by atoms with Crippen molar-refractivity contribution in [3.63, 3.8) is 0 Å². The molecule has 0 unspecified atom stereocenters. The number of aliphatic hydroxyl groups excluding tert-OH is 1. The van der Waals surface area contributed by atoms with E-state index in [4.69, 9.17) is 9.52 Å². The summed E-state index contributed by atoms with van der Waals surface area (Å²) in [5, 5.41) is 11.7. The maximum absolute atomic E-state index is 11.5. The topological polar surface area (TPSA) is 62.5 Å². The van der Waals surface area contributed by atoms with E-state index in [-0.39, 0.29) is 12.5 Å². The number of amides is 1. The Morgan fingerprint density at radius 2 is 2.43 bits per heavy atom. The van der Waals surface area contributed by atoms with Gasteiger partial charge in [-0.2, -0.15) is 0 Å². The fourth-order valence-electron chi connectivity index (χ4n) is 1.38. The Kier molecular flexibility index (Phi) is 2.29. The summed E-state index contributed by atoms with van der Waals surface area (Å²) in [5.41, 5.74) is -0.493. The maximum Gasteiger partial charge on any atom is 0.228 e. The molecule has 76 valence electrons. The van der Waals surface area contributed by atoms with Gasteiger partial charge in [0, 0.05) is 0 Å². The molecule has 1 aliphatic carbocycles. The Morgan fingerprint density at radius 1 is 1.64 bits per heavy atom. The van der Waals surface area contributed by atoms with E-state index in [2.05, 4.69) is 5.32 Å². The minimum Gasteiger partial charge on any atom is -0.467 e. The van der Waals surface area contributed by atoms with Crippen LogP contribution in [0.1, 0.15) is 18.6 Å². The van der Waals surface area contributed by atoms with Crippen LogP contribution in [0.4, 0.5) is 0 Å². The van der Waals surface area contributed by atoms with Crippen LogP contribution in [0.5, 0.6) is 0 Å². The summed E-state index contributed by atoms with van der Waals surface area (Å²) in [5.74, 6) is 0.656. The average Bonchev–Trinajstić information content (AvgIpc) is 2.84. The third kappa shape index (κ3) is 1.65. The van der Waals surface area contributed by atoms with E-state index in [1.165, 1.54) is 0 Å². The summed E-state index contributed by atoms with van der Waals surface area (Å²) >= 11 is 0. The Labute approximate surface area is 81.9 Å². The van der Waals surface area contributed by atoms with Gasteiger partial charge in [0.1, 0.15) is 5.76 Å². The lowest BCUT2D eigenvalue weighted by Crippen LogP contribution is -2.33. The molecule has 0 radical (unpaired) electrons. The van der Waals surface area contributed by atoms with Crippen molar-refractivity contribution in [3.05, 3.63) is 24.2 Å². The molecule has 1 aromatic heterocycles. The first-order chi connectivity index (χ1) is 6.77. The van der Waals surface area contributed by atoms with Gasteiger partial charge < -0.3 is 14.8 Å². The van der Waals surface area contributed by atoms with Gasteiger partial charge in [-0.15, -0.1) is 0 Å². The molecule has 0 spiro atoms. The van der Waals surface area contributed by atoms with Gasteiger partial charge in [0.15, 0.2) is 0 Å². The van der Waals surface area contributed by atoms with E-state index in [0.717, 1.165) is 18.6 Å². The molecular formula is C10H13NO3. The Morgan fingerprint density at radius 3 is 2.93 bits per heavy atom. The van der Waals surface area contributed by atoms with Crippen LogP contribution in [-0.4, -0.2) is 17.6 Å². The second-order valence-electron chi connectivity index (χ2n) is 3.70. The van der Waals surface area contributed by atoms with Gasteiger partial charge in [0.05, 0.1) is 24.8 Å². The molecule has 1 aromatic rings. The largest absolute Gasteiger partial charge is 0.467 e. The first-order valence-corrected chi connectivity index (χ1v) is 4.68. The fraction of sp³-hybridized carbons (Fsp3) is 0.500. The molecule has 2 N–H and O–H groups in total. The molecule has 1 amide bonds. The molecule has 0 bridgehead atoms. The summed E-state index contributed by atoms with van der Waals surface area (Å²) in [4.78, 5) is 11.5. The molecular weight excluding hydrogens is 182 g/mol. The van der Waals surface area contributed by atoms with Crippen LogP contribution in [0.15, 0.2) is 22.8 Å². The minimum atomic E-state index is -0.493.